The SMILES string of the molecule is CNC(=O)[C@H](Cc1cnc[nH]1)NC(=O)/C=C/c1nc2ccccc2s1. The molecule has 1 atom stereocenters. The number of imidazole rings is 1. The molecule has 2 amide bonds. The highest BCUT2D eigenvalue weighted by molar-refractivity contribution is 7.19. The van der Waals surface area contributed by atoms with Crippen molar-refractivity contribution in [2.75, 3.05) is 7.05 Å². The molecule has 0 aliphatic rings. The molecule has 0 saturated carbocycles. The number of hydrogen-bond acceptors (Lipinski definition) is 5. The number of carbonyl (C=O) groups is 2. The Morgan fingerprint density at radius 1 is 1.36 bits per heavy atom. The average Bonchev–Trinajstić information content (AvgIpc) is 3.27. The molecule has 2 heterocycles. The predicted octanol–water partition coefficient (Wildman–Crippen LogP) is 1.51. The molecule has 1 aromatic carbocycles. The van der Waals surface area contributed by atoms with E-state index in [1.165, 1.54) is 30.8 Å². The van der Waals surface area contributed by atoms with Crippen LogP contribution in [0.5, 0.6) is 0 Å². The molecule has 0 fully saturated rings. The Morgan fingerprint density at radius 2 is 2.20 bits per heavy atom. The molecule has 0 aliphatic carbocycles. The maximum atomic E-state index is 12.2. The van der Waals surface area contributed by atoms with Crippen molar-refractivity contribution < 1.29 is 9.59 Å². The number of H-pyrrole nitrogens is 1. The first-order valence-corrected chi connectivity index (χ1v) is 8.50. The van der Waals surface area contributed by atoms with Gasteiger partial charge in [-0.2, -0.15) is 0 Å². The minimum Gasteiger partial charge on any atom is -0.357 e. The molecule has 0 aliphatic heterocycles. The number of hydrogen-bond donors (Lipinski definition) is 3. The summed E-state index contributed by atoms with van der Waals surface area (Å²) in [6, 6.07) is 7.10. The van der Waals surface area contributed by atoms with Crippen LogP contribution in [0.2, 0.25) is 0 Å². The van der Waals surface area contributed by atoms with E-state index in [2.05, 4.69) is 25.6 Å². The van der Waals surface area contributed by atoms with Gasteiger partial charge in [0.25, 0.3) is 0 Å². The first-order chi connectivity index (χ1) is 12.2. The highest BCUT2D eigenvalue weighted by Gasteiger charge is 2.19. The van der Waals surface area contributed by atoms with Crippen molar-refractivity contribution in [1.29, 1.82) is 0 Å². The number of benzene rings is 1. The molecule has 8 heteroatoms. The molecule has 0 spiro atoms. The van der Waals surface area contributed by atoms with E-state index in [-0.39, 0.29) is 11.8 Å². The number of fused-ring (bicyclic) bond motifs is 1. The molecular formula is C17H17N5O2S. The van der Waals surface area contributed by atoms with Crippen LogP contribution in [-0.2, 0) is 16.0 Å². The number of nitrogens with one attached hydrogen (secondary N) is 3. The number of rotatable bonds is 6. The summed E-state index contributed by atoms with van der Waals surface area (Å²) in [4.78, 5) is 35.4. The van der Waals surface area contributed by atoms with Gasteiger partial charge in [-0.3, -0.25) is 9.59 Å². The van der Waals surface area contributed by atoms with Crippen LogP contribution in [0.1, 0.15) is 10.7 Å². The maximum absolute atomic E-state index is 12.2. The molecule has 3 rings (SSSR count). The van der Waals surface area contributed by atoms with Crippen LogP contribution in [0.4, 0.5) is 0 Å². The average molecular weight is 355 g/mol. The van der Waals surface area contributed by atoms with E-state index in [9.17, 15) is 9.59 Å². The molecular weight excluding hydrogens is 338 g/mol. The normalized spacial score (nSPS) is 12.4. The number of aromatic nitrogens is 3. The van der Waals surface area contributed by atoms with Crippen molar-refractivity contribution in [2.45, 2.75) is 12.5 Å². The van der Waals surface area contributed by atoms with Crippen LogP contribution in [0.3, 0.4) is 0 Å². The molecule has 0 saturated heterocycles. The highest BCUT2D eigenvalue weighted by atomic mass is 32.1. The number of nitrogens with zero attached hydrogens (tertiary/aromatic N) is 2. The molecule has 0 bridgehead atoms. The van der Waals surface area contributed by atoms with Crippen LogP contribution < -0.4 is 10.6 Å². The second-order valence-corrected chi connectivity index (χ2v) is 6.37. The lowest BCUT2D eigenvalue weighted by Gasteiger charge is -2.15. The van der Waals surface area contributed by atoms with Gasteiger partial charge in [0.15, 0.2) is 0 Å². The topological polar surface area (TPSA) is 99.8 Å². The fourth-order valence-electron chi connectivity index (χ4n) is 2.33. The fraction of sp³-hybridized carbons (Fsp3) is 0.176. The number of amides is 2. The van der Waals surface area contributed by atoms with E-state index < -0.39 is 6.04 Å². The maximum Gasteiger partial charge on any atom is 0.244 e. The van der Waals surface area contributed by atoms with Crippen molar-refractivity contribution >= 4 is 39.4 Å². The van der Waals surface area contributed by atoms with Gasteiger partial charge in [0.2, 0.25) is 11.8 Å². The van der Waals surface area contributed by atoms with Gasteiger partial charge in [-0.25, -0.2) is 9.97 Å². The van der Waals surface area contributed by atoms with Gasteiger partial charge < -0.3 is 15.6 Å². The van der Waals surface area contributed by atoms with E-state index in [0.29, 0.717) is 6.42 Å². The summed E-state index contributed by atoms with van der Waals surface area (Å²) >= 11 is 1.50. The van der Waals surface area contributed by atoms with Gasteiger partial charge in [-0.1, -0.05) is 12.1 Å². The van der Waals surface area contributed by atoms with E-state index in [0.717, 1.165) is 20.9 Å². The summed E-state index contributed by atoms with van der Waals surface area (Å²) in [5.74, 6) is -0.622. The number of aromatic amines is 1. The summed E-state index contributed by atoms with van der Waals surface area (Å²) in [5.41, 5.74) is 1.67. The Bertz CT molecular complexity index is 868. The van der Waals surface area contributed by atoms with E-state index >= 15 is 0 Å². The van der Waals surface area contributed by atoms with Crippen LogP contribution >= 0.6 is 11.3 Å². The summed E-state index contributed by atoms with van der Waals surface area (Å²) in [6.07, 6.45) is 6.53. The Morgan fingerprint density at radius 3 is 2.92 bits per heavy atom. The van der Waals surface area contributed by atoms with Gasteiger partial charge in [0.05, 0.1) is 16.5 Å². The van der Waals surface area contributed by atoms with Crippen molar-refractivity contribution in [1.82, 2.24) is 25.6 Å². The van der Waals surface area contributed by atoms with Crippen molar-refractivity contribution in [3.05, 3.63) is 53.6 Å². The van der Waals surface area contributed by atoms with Crippen LogP contribution in [-0.4, -0.2) is 39.9 Å². The molecule has 128 valence electrons. The number of carbonyl (C=O) groups excluding carboxylic acids is 2. The minimum absolute atomic E-state index is 0.267. The lowest BCUT2D eigenvalue weighted by Crippen LogP contribution is -2.46. The molecule has 3 N–H and O–H groups in total. The molecule has 0 unspecified atom stereocenters. The fourth-order valence-corrected chi connectivity index (χ4v) is 3.20. The molecule has 7 nitrogen and oxygen atoms in total. The smallest absolute Gasteiger partial charge is 0.244 e. The van der Waals surface area contributed by atoms with E-state index in [1.54, 1.807) is 12.3 Å². The molecule has 3 aromatic rings. The molecule has 2 aromatic heterocycles. The lowest BCUT2D eigenvalue weighted by molar-refractivity contribution is -0.126. The largest absolute Gasteiger partial charge is 0.357 e. The molecule has 25 heavy (non-hydrogen) atoms. The summed E-state index contributed by atoms with van der Waals surface area (Å²) < 4.78 is 1.06. The van der Waals surface area contributed by atoms with Crippen LogP contribution in [0, 0.1) is 0 Å². The first kappa shape index (κ1) is 16.8. The van der Waals surface area contributed by atoms with Gasteiger partial charge in [-0.05, 0) is 18.2 Å². The second kappa shape index (κ2) is 7.71. The Balaban J connectivity index is 1.66. The Labute approximate surface area is 148 Å². The van der Waals surface area contributed by atoms with Gasteiger partial charge in [0, 0.05) is 31.4 Å². The predicted molar refractivity (Wildman–Crippen MR) is 96.9 cm³/mol. The van der Waals surface area contributed by atoms with Crippen molar-refractivity contribution in [2.24, 2.45) is 0 Å². The Kier molecular flexibility index (Phi) is 5.20. The number of para-hydroxylation sites is 1. The van der Waals surface area contributed by atoms with E-state index in [4.69, 9.17) is 0 Å². The number of likely N-dealkylation sites (N-methyl/N-ethyl adjacent to an activating group) is 1. The minimum atomic E-state index is -0.682. The van der Waals surface area contributed by atoms with Crippen LogP contribution in [0.25, 0.3) is 16.3 Å². The number of thiazole rings is 1. The zero-order valence-corrected chi connectivity index (χ0v) is 14.3. The quantitative estimate of drug-likeness (QED) is 0.584. The first-order valence-electron chi connectivity index (χ1n) is 7.68. The monoisotopic (exact) mass is 355 g/mol. The van der Waals surface area contributed by atoms with Gasteiger partial charge in [0.1, 0.15) is 11.0 Å². The zero-order valence-electron chi connectivity index (χ0n) is 13.5. The van der Waals surface area contributed by atoms with Crippen LogP contribution in [0.15, 0.2) is 42.9 Å². The zero-order chi connectivity index (χ0) is 17.6. The van der Waals surface area contributed by atoms with Gasteiger partial charge in [-0.15, -0.1) is 11.3 Å². The third-order valence-electron chi connectivity index (χ3n) is 3.55. The summed E-state index contributed by atoms with van der Waals surface area (Å²) in [7, 11) is 1.53. The highest BCUT2D eigenvalue weighted by Crippen LogP contribution is 2.22. The molecule has 0 radical (unpaired) electrons. The van der Waals surface area contributed by atoms with Crippen molar-refractivity contribution in [3.8, 4) is 0 Å². The van der Waals surface area contributed by atoms with E-state index in [1.807, 2.05) is 24.3 Å². The standard InChI is InChI=1S/C17H17N5O2S/c1-18-17(24)13(8-11-9-19-10-20-11)21-15(23)6-7-16-22-12-4-2-3-5-14(12)25-16/h2-7,9-10,13H,8H2,1H3,(H,18,24)(H,19,20)(H,21,23)/b7-6+/t13-/m0/s1. The lowest BCUT2D eigenvalue weighted by atomic mass is 10.1. The Hall–Kier alpha value is -3.00. The third kappa shape index (κ3) is 4.30. The summed E-state index contributed by atoms with van der Waals surface area (Å²) in [5, 5.41) is 5.99. The third-order valence-corrected chi connectivity index (χ3v) is 4.55. The summed E-state index contributed by atoms with van der Waals surface area (Å²) in [6.45, 7) is 0. The van der Waals surface area contributed by atoms with Gasteiger partial charge >= 0.3 is 0 Å². The van der Waals surface area contributed by atoms with Crippen molar-refractivity contribution in [3.63, 3.8) is 0 Å². The second-order valence-electron chi connectivity index (χ2n) is 5.31.